The van der Waals surface area contributed by atoms with Crippen molar-refractivity contribution in [1.29, 1.82) is 0 Å². The minimum Gasteiger partial charge on any atom is -0.452 e. The predicted molar refractivity (Wildman–Crippen MR) is 95.5 cm³/mol. The third-order valence-electron chi connectivity index (χ3n) is 5.13. The van der Waals surface area contributed by atoms with E-state index in [1.54, 1.807) is 18.2 Å². The molecule has 130 valence electrons. The summed E-state index contributed by atoms with van der Waals surface area (Å²) in [6.07, 6.45) is 6.98. The molecule has 2 N–H and O–H groups in total. The molecule has 1 aromatic carbocycles. The SMILES string of the molecule is Nc1ccc(Br)cc1C(=O)OCC(=O)N1CCC[C@@H]2CCCC[C@H]21. The lowest BCUT2D eigenvalue weighted by atomic mass is 9.78. The van der Waals surface area contributed by atoms with Crippen molar-refractivity contribution in [2.75, 3.05) is 18.9 Å². The van der Waals surface area contributed by atoms with Crippen LogP contribution in [0.2, 0.25) is 0 Å². The number of carbonyl (C=O) groups excluding carboxylic acids is 2. The normalized spacial score (nSPS) is 23.5. The number of esters is 1. The smallest absolute Gasteiger partial charge is 0.340 e. The summed E-state index contributed by atoms with van der Waals surface area (Å²) in [7, 11) is 0. The summed E-state index contributed by atoms with van der Waals surface area (Å²) in [4.78, 5) is 26.7. The third-order valence-corrected chi connectivity index (χ3v) is 5.62. The second-order valence-electron chi connectivity index (χ2n) is 6.65. The molecule has 24 heavy (non-hydrogen) atoms. The van der Waals surface area contributed by atoms with E-state index in [-0.39, 0.29) is 18.1 Å². The first-order chi connectivity index (χ1) is 11.6. The number of anilines is 1. The van der Waals surface area contributed by atoms with Crippen molar-refractivity contribution in [2.45, 2.75) is 44.6 Å². The molecule has 1 aliphatic heterocycles. The Kier molecular flexibility index (Phi) is 5.43. The number of likely N-dealkylation sites (tertiary alicyclic amines) is 1. The maximum absolute atomic E-state index is 12.5. The summed E-state index contributed by atoms with van der Waals surface area (Å²) in [6.45, 7) is 0.560. The van der Waals surface area contributed by atoms with Gasteiger partial charge in [0.15, 0.2) is 6.61 Å². The van der Waals surface area contributed by atoms with Crippen LogP contribution in [-0.4, -0.2) is 36.0 Å². The minimum atomic E-state index is -0.556. The number of nitrogens with two attached hydrogens (primary N) is 1. The topological polar surface area (TPSA) is 72.6 Å². The van der Waals surface area contributed by atoms with E-state index in [0.717, 1.165) is 23.9 Å². The summed E-state index contributed by atoms with van der Waals surface area (Å²) in [5.74, 6) is -0.0271. The molecular formula is C18H23BrN2O3. The highest BCUT2D eigenvalue weighted by Crippen LogP contribution is 2.35. The highest BCUT2D eigenvalue weighted by molar-refractivity contribution is 9.10. The number of halogens is 1. The van der Waals surface area contributed by atoms with Gasteiger partial charge in [-0.15, -0.1) is 0 Å². The van der Waals surface area contributed by atoms with Gasteiger partial charge in [0.2, 0.25) is 0 Å². The zero-order valence-electron chi connectivity index (χ0n) is 13.7. The highest BCUT2D eigenvalue weighted by Gasteiger charge is 2.35. The first kappa shape index (κ1) is 17.3. The second-order valence-corrected chi connectivity index (χ2v) is 7.56. The Morgan fingerprint density at radius 2 is 1.96 bits per heavy atom. The zero-order chi connectivity index (χ0) is 17.1. The lowest BCUT2D eigenvalue weighted by Gasteiger charge is -2.44. The van der Waals surface area contributed by atoms with Crippen LogP contribution in [0.5, 0.6) is 0 Å². The van der Waals surface area contributed by atoms with Gasteiger partial charge in [-0.25, -0.2) is 4.79 Å². The van der Waals surface area contributed by atoms with Gasteiger partial charge in [0.1, 0.15) is 0 Å². The highest BCUT2D eigenvalue weighted by atomic mass is 79.9. The molecule has 2 fully saturated rings. The van der Waals surface area contributed by atoms with E-state index in [9.17, 15) is 9.59 Å². The number of carbonyl (C=O) groups is 2. The van der Waals surface area contributed by atoms with Crippen molar-refractivity contribution < 1.29 is 14.3 Å². The molecule has 1 amide bonds. The molecule has 5 nitrogen and oxygen atoms in total. The number of piperidine rings is 1. The summed E-state index contributed by atoms with van der Waals surface area (Å²) >= 11 is 3.31. The Morgan fingerprint density at radius 3 is 2.79 bits per heavy atom. The average Bonchev–Trinajstić information content (AvgIpc) is 2.61. The van der Waals surface area contributed by atoms with E-state index < -0.39 is 5.97 Å². The first-order valence-corrected chi connectivity index (χ1v) is 9.37. The van der Waals surface area contributed by atoms with Gasteiger partial charge >= 0.3 is 5.97 Å². The Balaban J connectivity index is 1.60. The van der Waals surface area contributed by atoms with Crippen LogP contribution in [0.15, 0.2) is 22.7 Å². The first-order valence-electron chi connectivity index (χ1n) is 8.58. The average molecular weight is 395 g/mol. The molecule has 0 radical (unpaired) electrons. The zero-order valence-corrected chi connectivity index (χ0v) is 15.3. The van der Waals surface area contributed by atoms with Gasteiger partial charge < -0.3 is 15.4 Å². The van der Waals surface area contributed by atoms with Crippen LogP contribution in [0.3, 0.4) is 0 Å². The molecule has 1 saturated heterocycles. The fraction of sp³-hybridized carbons (Fsp3) is 0.556. The standard InChI is InChI=1S/C18H23BrN2O3/c19-13-7-8-15(20)14(10-13)18(23)24-11-17(22)21-9-3-5-12-4-1-2-6-16(12)21/h7-8,10,12,16H,1-6,9,11,20H2/t12-,16+/m0/s1. The number of nitrogens with zero attached hydrogens (tertiary/aromatic N) is 1. The Morgan fingerprint density at radius 1 is 1.21 bits per heavy atom. The fourth-order valence-electron chi connectivity index (χ4n) is 3.93. The van der Waals surface area contributed by atoms with Crippen LogP contribution in [0.4, 0.5) is 5.69 Å². The molecule has 1 heterocycles. The Labute approximate surface area is 150 Å². The van der Waals surface area contributed by atoms with Crippen molar-refractivity contribution in [3.8, 4) is 0 Å². The number of benzene rings is 1. The third kappa shape index (κ3) is 3.74. The van der Waals surface area contributed by atoms with E-state index in [4.69, 9.17) is 10.5 Å². The van der Waals surface area contributed by atoms with Crippen molar-refractivity contribution in [3.05, 3.63) is 28.2 Å². The van der Waals surface area contributed by atoms with Crippen molar-refractivity contribution in [1.82, 2.24) is 4.90 Å². The van der Waals surface area contributed by atoms with Crippen LogP contribution in [0.1, 0.15) is 48.9 Å². The lowest BCUT2D eigenvalue weighted by Crippen LogP contribution is -2.50. The van der Waals surface area contributed by atoms with Gasteiger partial charge in [0, 0.05) is 22.7 Å². The maximum Gasteiger partial charge on any atom is 0.340 e. The molecule has 6 heteroatoms. The van der Waals surface area contributed by atoms with Gasteiger partial charge in [-0.2, -0.15) is 0 Å². The molecule has 1 aliphatic carbocycles. The fourth-order valence-corrected chi connectivity index (χ4v) is 4.29. The largest absolute Gasteiger partial charge is 0.452 e. The molecule has 0 aromatic heterocycles. The van der Waals surface area contributed by atoms with Crippen LogP contribution in [0, 0.1) is 5.92 Å². The van der Waals surface area contributed by atoms with Gasteiger partial charge in [0.05, 0.1) is 5.56 Å². The van der Waals surface area contributed by atoms with Crippen LogP contribution >= 0.6 is 15.9 Å². The summed E-state index contributed by atoms with van der Waals surface area (Å²) < 4.78 is 5.97. The number of amides is 1. The van der Waals surface area contributed by atoms with Crippen LogP contribution in [-0.2, 0) is 9.53 Å². The summed E-state index contributed by atoms with van der Waals surface area (Å²) in [6, 6.07) is 5.34. The van der Waals surface area contributed by atoms with E-state index in [2.05, 4.69) is 15.9 Å². The van der Waals surface area contributed by atoms with E-state index in [0.29, 0.717) is 17.6 Å². The number of ether oxygens (including phenoxy) is 1. The molecule has 3 rings (SSSR count). The van der Waals surface area contributed by atoms with Crippen molar-refractivity contribution >= 4 is 33.5 Å². The Bertz CT molecular complexity index is 633. The van der Waals surface area contributed by atoms with E-state index >= 15 is 0 Å². The summed E-state index contributed by atoms with van der Waals surface area (Å²) in [5.41, 5.74) is 6.44. The van der Waals surface area contributed by atoms with Gasteiger partial charge in [-0.05, 0) is 49.8 Å². The molecular weight excluding hydrogens is 372 g/mol. The van der Waals surface area contributed by atoms with Gasteiger partial charge in [0.25, 0.3) is 5.91 Å². The number of nitrogen functional groups attached to an aromatic ring is 1. The van der Waals surface area contributed by atoms with Crippen LogP contribution < -0.4 is 5.73 Å². The van der Waals surface area contributed by atoms with Gasteiger partial charge in [-0.3, -0.25) is 4.79 Å². The van der Waals surface area contributed by atoms with Gasteiger partial charge in [-0.1, -0.05) is 28.8 Å². The second kappa shape index (κ2) is 7.55. The molecule has 2 aliphatic rings. The van der Waals surface area contributed by atoms with E-state index in [1.165, 1.54) is 25.7 Å². The number of rotatable bonds is 3. The monoisotopic (exact) mass is 394 g/mol. The lowest BCUT2D eigenvalue weighted by molar-refractivity contribution is -0.140. The van der Waals surface area contributed by atoms with Crippen LogP contribution in [0.25, 0.3) is 0 Å². The molecule has 0 bridgehead atoms. The van der Waals surface area contributed by atoms with E-state index in [1.807, 2.05) is 4.90 Å². The quantitative estimate of drug-likeness (QED) is 0.629. The Hall–Kier alpha value is -1.56. The molecule has 0 spiro atoms. The minimum absolute atomic E-state index is 0.0893. The van der Waals surface area contributed by atoms with Crippen molar-refractivity contribution in [3.63, 3.8) is 0 Å². The molecule has 0 unspecified atom stereocenters. The molecule has 1 aromatic rings. The predicted octanol–water partition coefficient (Wildman–Crippen LogP) is 3.37. The maximum atomic E-state index is 12.5. The molecule has 2 atom stereocenters. The molecule has 1 saturated carbocycles. The summed E-state index contributed by atoms with van der Waals surface area (Å²) in [5, 5.41) is 0. The number of hydrogen-bond donors (Lipinski definition) is 1. The number of hydrogen-bond acceptors (Lipinski definition) is 4. The van der Waals surface area contributed by atoms with Crippen molar-refractivity contribution in [2.24, 2.45) is 5.92 Å². The number of fused-ring (bicyclic) bond motifs is 1.